The van der Waals surface area contributed by atoms with E-state index in [2.05, 4.69) is 30.9 Å². The Hall–Kier alpha value is -3.35. The van der Waals surface area contributed by atoms with E-state index in [0.717, 1.165) is 0 Å². The average molecular weight is 410 g/mol. The molecule has 0 bridgehead atoms. The molecule has 0 aliphatic heterocycles. The molecule has 0 spiro atoms. The summed E-state index contributed by atoms with van der Waals surface area (Å²) in [5.74, 6) is 1.31. The Morgan fingerprint density at radius 2 is 1.77 bits per heavy atom. The third-order valence-corrected chi connectivity index (χ3v) is 4.33. The van der Waals surface area contributed by atoms with Crippen LogP contribution in [0.3, 0.4) is 0 Å². The van der Waals surface area contributed by atoms with Crippen LogP contribution in [0, 0.1) is 0 Å². The van der Waals surface area contributed by atoms with Gasteiger partial charge >= 0.3 is 5.97 Å². The average Bonchev–Trinajstić information content (AvgIpc) is 3.20. The van der Waals surface area contributed by atoms with Crippen molar-refractivity contribution in [3.8, 4) is 22.9 Å². The highest BCUT2D eigenvalue weighted by atomic mass is 16.6. The van der Waals surface area contributed by atoms with Crippen molar-refractivity contribution in [1.29, 1.82) is 0 Å². The number of para-hydroxylation sites is 1. The normalized spacial score (nSPS) is 11.2. The number of aromatic nitrogens is 2. The first kappa shape index (κ1) is 21.4. The number of hydrogen-bond donors (Lipinski definition) is 0. The van der Waals surface area contributed by atoms with Gasteiger partial charge in [0.1, 0.15) is 11.5 Å². The van der Waals surface area contributed by atoms with Crippen LogP contribution >= 0.6 is 0 Å². The van der Waals surface area contributed by atoms with Crippen molar-refractivity contribution >= 4 is 5.97 Å². The number of benzene rings is 2. The summed E-state index contributed by atoms with van der Waals surface area (Å²) >= 11 is 0. The van der Waals surface area contributed by atoms with Gasteiger partial charge in [0.25, 0.3) is 5.89 Å². The van der Waals surface area contributed by atoms with Gasteiger partial charge in [-0.3, -0.25) is 0 Å². The molecule has 0 radical (unpaired) electrons. The lowest BCUT2D eigenvalue weighted by molar-refractivity contribution is -0.148. The van der Waals surface area contributed by atoms with Crippen molar-refractivity contribution in [2.45, 2.75) is 39.7 Å². The maximum absolute atomic E-state index is 12.0. The maximum atomic E-state index is 12.0. The zero-order valence-electron chi connectivity index (χ0n) is 17.7. The molecule has 0 aliphatic carbocycles. The molecule has 1 aromatic heterocycles. The fraction of sp³-hybridized carbons (Fsp3) is 0.348. The second kappa shape index (κ2) is 9.43. The summed E-state index contributed by atoms with van der Waals surface area (Å²) in [4.78, 5) is 16.2. The van der Waals surface area contributed by atoms with E-state index in [1.54, 1.807) is 0 Å². The van der Waals surface area contributed by atoms with E-state index < -0.39 is 5.97 Å². The highest BCUT2D eigenvalue weighted by molar-refractivity contribution is 5.71. The Kier molecular flexibility index (Phi) is 6.72. The lowest BCUT2D eigenvalue weighted by atomic mass is 9.87. The predicted molar refractivity (Wildman–Crippen MR) is 111 cm³/mol. The lowest BCUT2D eigenvalue weighted by Gasteiger charge is -2.19. The van der Waals surface area contributed by atoms with Crippen LogP contribution in [0.25, 0.3) is 11.4 Å². The number of rotatable bonds is 8. The fourth-order valence-electron chi connectivity index (χ4n) is 2.73. The quantitative estimate of drug-likeness (QED) is 0.504. The first-order chi connectivity index (χ1) is 14.4. The molecule has 3 aromatic rings. The van der Waals surface area contributed by atoms with Crippen molar-refractivity contribution in [3.63, 3.8) is 0 Å². The van der Waals surface area contributed by atoms with Gasteiger partial charge in [0.05, 0.1) is 12.2 Å². The van der Waals surface area contributed by atoms with Gasteiger partial charge in [-0.2, -0.15) is 4.98 Å². The van der Waals surface area contributed by atoms with Crippen LogP contribution in [-0.4, -0.2) is 29.3 Å². The summed E-state index contributed by atoms with van der Waals surface area (Å²) in [6.45, 7) is 8.50. The van der Waals surface area contributed by atoms with Crippen LogP contribution in [0.5, 0.6) is 11.5 Å². The Morgan fingerprint density at radius 3 is 2.47 bits per heavy atom. The van der Waals surface area contributed by atoms with Crippen LogP contribution in [0.2, 0.25) is 0 Å². The van der Waals surface area contributed by atoms with E-state index in [1.807, 2.05) is 55.5 Å². The van der Waals surface area contributed by atoms with Crippen LogP contribution in [0.1, 0.15) is 39.1 Å². The van der Waals surface area contributed by atoms with Crippen molar-refractivity contribution in [1.82, 2.24) is 10.1 Å². The first-order valence-electron chi connectivity index (χ1n) is 9.80. The Morgan fingerprint density at radius 1 is 1.03 bits per heavy atom. The molecule has 0 atom stereocenters. The molecule has 158 valence electrons. The van der Waals surface area contributed by atoms with Crippen LogP contribution < -0.4 is 9.47 Å². The topological polar surface area (TPSA) is 83.7 Å². The molecule has 0 saturated carbocycles. The number of carbonyl (C=O) groups is 1. The summed E-state index contributed by atoms with van der Waals surface area (Å²) in [7, 11) is 0. The second-order valence-electron chi connectivity index (χ2n) is 7.66. The first-order valence-corrected chi connectivity index (χ1v) is 9.80. The van der Waals surface area contributed by atoms with Gasteiger partial charge in [-0.05, 0) is 42.2 Å². The van der Waals surface area contributed by atoms with E-state index in [0.29, 0.717) is 29.5 Å². The van der Waals surface area contributed by atoms with Crippen LogP contribution in [-0.2, 0) is 21.6 Å². The van der Waals surface area contributed by atoms with E-state index in [-0.39, 0.29) is 24.5 Å². The standard InChI is InChI=1S/C23H26N2O5/c1-5-27-19-9-7-6-8-18(19)22-24-20(30-25-22)14-29-21(26)15-28-17-12-10-16(11-13-17)23(2,3)4/h6-13H,5,14-15H2,1-4H3. The molecule has 1 heterocycles. The molecule has 0 aliphatic rings. The molecule has 7 nitrogen and oxygen atoms in total. The van der Waals surface area contributed by atoms with Gasteiger partial charge in [0, 0.05) is 0 Å². The lowest BCUT2D eigenvalue weighted by Crippen LogP contribution is -2.15. The van der Waals surface area contributed by atoms with Gasteiger partial charge < -0.3 is 18.7 Å². The van der Waals surface area contributed by atoms with E-state index in [4.69, 9.17) is 18.7 Å². The molecule has 0 saturated heterocycles. The zero-order chi connectivity index (χ0) is 21.6. The van der Waals surface area contributed by atoms with Crippen LogP contribution in [0.4, 0.5) is 0 Å². The number of esters is 1. The molecule has 2 aromatic carbocycles. The molecule has 7 heteroatoms. The number of hydrogen-bond acceptors (Lipinski definition) is 7. The number of nitrogens with zero attached hydrogens (tertiary/aromatic N) is 2. The minimum absolute atomic E-state index is 0.0591. The largest absolute Gasteiger partial charge is 0.493 e. The third-order valence-electron chi connectivity index (χ3n) is 4.33. The Labute approximate surface area is 176 Å². The minimum atomic E-state index is -0.524. The summed E-state index contributed by atoms with van der Waals surface area (Å²) in [5.41, 5.74) is 1.96. The van der Waals surface area contributed by atoms with E-state index in [1.165, 1.54) is 5.56 Å². The predicted octanol–water partition coefficient (Wildman–Crippen LogP) is 4.56. The van der Waals surface area contributed by atoms with Gasteiger partial charge in [-0.1, -0.05) is 50.2 Å². The van der Waals surface area contributed by atoms with Gasteiger partial charge in [-0.25, -0.2) is 4.79 Å². The molecule has 0 N–H and O–H groups in total. The van der Waals surface area contributed by atoms with E-state index in [9.17, 15) is 4.79 Å². The van der Waals surface area contributed by atoms with Crippen molar-refractivity contribution < 1.29 is 23.5 Å². The molecular formula is C23H26N2O5. The number of carbonyl (C=O) groups excluding carboxylic acids is 1. The minimum Gasteiger partial charge on any atom is -0.493 e. The van der Waals surface area contributed by atoms with Gasteiger partial charge in [-0.15, -0.1) is 0 Å². The third kappa shape index (κ3) is 5.59. The van der Waals surface area contributed by atoms with E-state index >= 15 is 0 Å². The molecular weight excluding hydrogens is 384 g/mol. The molecule has 30 heavy (non-hydrogen) atoms. The monoisotopic (exact) mass is 410 g/mol. The summed E-state index contributed by atoms with van der Waals surface area (Å²) < 4.78 is 21.4. The Balaban J connectivity index is 1.51. The molecule has 0 unspecified atom stereocenters. The van der Waals surface area contributed by atoms with Crippen molar-refractivity contribution in [2.24, 2.45) is 0 Å². The molecule has 3 rings (SSSR count). The van der Waals surface area contributed by atoms with Gasteiger partial charge in [0.2, 0.25) is 5.82 Å². The highest BCUT2D eigenvalue weighted by Gasteiger charge is 2.15. The molecule has 0 fully saturated rings. The second-order valence-corrected chi connectivity index (χ2v) is 7.66. The van der Waals surface area contributed by atoms with Crippen LogP contribution in [0.15, 0.2) is 53.1 Å². The summed E-state index contributed by atoms with van der Waals surface area (Å²) in [5, 5.41) is 3.94. The van der Waals surface area contributed by atoms with Crippen molar-refractivity contribution in [3.05, 3.63) is 60.0 Å². The number of ether oxygens (including phenoxy) is 3. The zero-order valence-corrected chi connectivity index (χ0v) is 17.7. The Bertz CT molecular complexity index is 974. The fourth-order valence-corrected chi connectivity index (χ4v) is 2.73. The smallest absolute Gasteiger partial charge is 0.344 e. The summed E-state index contributed by atoms with van der Waals surface area (Å²) in [6, 6.07) is 15.1. The van der Waals surface area contributed by atoms with Gasteiger partial charge in [0.15, 0.2) is 13.2 Å². The molecule has 0 amide bonds. The SMILES string of the molecule is CCOc1ccccc1-c1noc(COC(=O)COc2ccc(C(C)(C)C)cc2)n1. The highest BCUT2D eigenvalue weighted by Crippen LogP contribution is 2.27. The van der Waals surface area contributed by atoms with Crippen molar-refractivity contribution in [2.75, 3.05) is 13.2 Å². The summed E-state index contributed by atoms with van der Waals surface area (Å²) in [6.07, 6.45) is 0. The maximum Gasteiger partial charge on any atom is 0.344 e.